The molecule has 0 spiro atoms. The van der Waals surface area contributed by atoms with E-state index in [0.29, 0.717) is 6.54 Å². The molecule has 1 aromatic rings. The maximum absolute atomic E-state index is 11.7. The Bertz CT molecular complexity index is 1030. The summed E-state index contributed by atoms with van der Waals surface area (Å²) < 4.78 is 51.0. The Balaban J connectivity index is 0.00000118. The number of nitrogens with zero attached hydrogens (tertiary/aromatic N) is 1. The van der Waals surface area contributed by atoms with E-state index in [1.54, 1.807) is 6.08 Å². The van der Waals surface area contributed by atoms with Gasteiger partial charge < -0.3 is 35.2 Å². The Labute approximate surface area is 179 Å². The molecule has 2 unspecified atom stereocenters. The average molecular weight is 525 g/mol. The van der Waals surface area contributed by atoms with Crippen LogP contribution in [0.15, 0.2) is 34.5 Å². The van der Waals surface area contributed by atoms with Gasteiger partial charge in [0, 0.05) is 25.2 Å². The van der Waals surface area contributed by atoms with Crippen molar-refractivity contribution in [2.75, 3.05) is 13.2 Å². The van der Waals surface area contributed by atoms with Crippen molar-refractivity contribution in [1.29, 1.82) is 0 Å². The number of aliphatic hydroxyl groups is 1. The summed E-state index contributed by atoms with van der Waals surface area (Å²) in [6.07, 6.45) is -1.08. The number of rotatable bonds is 9. The molecule has 0 saturated carbocycles. The number of aromatic nitrogens is 2. The number of aromatic amines is 1. The van der Waals surface area contributed by atoms with E-state index in [0.717, 1.165) is 16.8 Å². The van der Waals surface area contributed by atoms with Gasteiger partial charge in [0.2, 0.25) is 0 Å². The molecular formula is C12H22N3O14P3. The van der Waals surface area contributed by atoms with Crippen LogP contribution in [0.4, 0.5) is 0 Å². The molecule has 0 bridgehead atoms. The maximum Gasteiger partial charge on any atom is 0.490 e. The first-order chi connectivity index (χ1) is 14.6. The van der Waals surface area contributed by atoms with Crippen LogP contribution in [0.3, 0.4) is 0 Å². The number of aliphatic hydroxyl groups excluding tert-OH is 1. The Morgan fingerprint density at radius 2 is 1.81 bits per heavy atom. The highest BCUT2D eigenvalue weighted by molar-refractivity contribution is 7.66. The lowest BCUT2D eigenvalue weighted by atomic mass is 10.2. The van der Waals surface area contributed by atoms with Gasteiger partial charge in [-0.2, -0.15) is 8.62 Å². The van der Waals surface area contributed by atoms with Crippen molar-refractivity contribution in [2.24, 2.45) is 5.73 Å². The molecule has 32 heavy (non-hydrogen) atoms. The van der Waals surface area contributed by atoms with Gasteiger partial charge in [-0.15, -0.1) is 6.58 Å². The number of phosphoric ester groups is 1. The molecule has 1 saturated heterocycles. The third-order valence-electron chi connectivity index (χ3n) is 3.35. The van der Waals surface area contributed by atoms with Gasteiger partial charge in [0.1, 0.15) is 12.3 Å². The number of H-pyrrole nitrogens is 1. The molecule has 20 heteroatoms. The van der Waals surface area contributed by atoms with E-state index < -0.39 is 59.8 Å². The van der Waals surface area contributed by atoms with E-state index >= 15 is 0 Å². The Hall–Kier alpha value is -1.29. The second-order valence-corrected chi connectivity index (χ2v) is 10.3. The molecule has 17 nitrogen and oxygen atoms in total. The first-order valence-corrected chi connectivity index (χ1v) is 12.9. The highest BCUT2D eigenvalue weighted by Crippen LogP contribution is 2.66. The molecule has 1 aliphatic rings. The van der Waals surface area contributed by atoms with Crippen LogP contribution in [0, 0.1) is 0 Å². The van der Waals surface area contributed by atoms with E-state index in [-0.39, 0.29) is 6.42 Å². The van der Waals surface area contributed by atoms with Crippen LogP contribution in [-0.4, -0.2) is 59.6 Å². The zero-order chi connectivity index (χ0) is 24.7. The highest BCUT2D eigenvalue weighted by Gasteiger charge is 2.42. The third kappa shape index (κ3) is 10.1. The molecule has 0 amide bonds. The van der Waals surface area contributed by atoms with Crippen LogP contribution in [-0.2, 0) is 31.6 Å². The molecule has 2 rings (SSSR count). The van der Waals surface area contributed by atoms with Crippen LogP contribution >= 0.6 is 23.5 Å². The summed E-state index contributed by atoms with van der Waals surface area (Å²) in [5, 5.41) is 9.91. The van der Waals surface area contributed by atoms with Crippen molar-refractivity contribution in [3.8, 4) is 0 Å². The highest BCUT2D eigenvalue weighted by atomic mass is 31.3. The van der Waals surface area contributed by atoms with Crippen molar-refractivity contribution in [3.05, 3.63) is 45.8 Å². The summed E-state index contributed by atoms with van der Waals surface area (Å²) in [6, 6.07) is 1.02. The zero-order valence-electron chi connectivity index (χ0n) is 16.1. The van der Waals surface area contributed by atoms with Gasteiger partial charge in [-0.3, -0.25) is 18.9 Å². The zero-order valence-corrected chi connectivity index (χ0v) is 18.8. The average Bonchev–Trinajstić information content (AvgIpc) is 2.97. The second-order valence-electron chi connectivity index (χ2n) is 5.86. The van der Waals surface area contributed by atoms with Crippen LogP contribution in [0.1, 0.15) is 12.6 Å². The molecular weight excluding hydrogens is 503 g/mol. The van der Waals surface area contributed by atoms with Crippen molar-refractivity contribution in [3.63, 3.8) is 0 Å². The molecule has 1 fully saturated rings. The lowest BCUT2D eigenvalue weighted by molar-refractivity contribution is -0.0450. The van der Waals surface area contributed by atoms with Crippen LogP contribution in [0.5, 0.6) is 0 Å². The van der Waals surface area contributed by atoms with Crippen molar-refractivity contribution >= 4 is 23.5 Å². The van der Waals surface area contributed by atoms with Crippen molar-refractivity contribution in [1.82, 2.24) is 9.55 Å². The summed E-state index contributed by atoms with van der Waals surface area (Å²) in [4.78, 5) is 60.0. The molecule has 5 atom stereocenters. The smallest absolute Gasteiger partial charge is 0.390 e. The van der Waals surface area contributed by atoms with E-state index in [9.17, 15) is 33.3 Å². The Kier molecular flexibility index (Phi) is 10.5. The monoisotopic (exact) mass is 525 g/mol. The van der Waals surface area contributed by atoms with Gasteiger partial charge >= 0.3 is 29.2 Å². The number of phosphoric acid groups is 3. The quantitative estimate of drug-likeness (QED) is 0.145. The summed E-state index contributed by atoms with van der Waals surface area (Å²) in [7, 11) is -16.6. The standard InChI is InChI=1S/C9H15N2O14P3.C3H7N/c12-5-3-8(11-2-1-7(13)10-9(11)14)23-6(5)4-22-27(18,19)25-28(20,21)24-26(15,16)17;1-2-3-4/h1-2,5-6,8,12H,3-4H2,(H,18,19)(H,20,21)(H,10,13,14)(H2,15,16,17);2H,1,3-4H2/t5-,6+,8+;/m0./s1. The fraction of sp³-hybridized carbons (Fsp3) is 0.500. The van der Waals surface area contributed by atoms with E-state index in [1.807, 2.05) is 4.98 Å². The summed E-state index contributed by atoms with van der Waals surface area (Å²) in [5.41, 5.74) is 3.41. The predicted octanol–water partition coefficient (Wildman–Crippen LogP) is -1.34. The van der Waals surface area contributed by atoms with Crippen molar-refractivity contribution in [2.45, 2.75) is 24.9 Å². The Morgan fingerprint density at radius 3 is 2.31 bits per heavy atom. The summed E-state index contributed by atoms with van der Waals surface area (Å²) in [5.74, 6) is 0. The lowest BCUT2D eigenvalue weighted by Gasteiger charge is -2.19. The minimum absolute atomic E-state index is 0.170. The molecule has 2 heterocycles. The molecule has 0 aromatic carbocycles. The first kappa shape index (κ1) is 28.7. The molecule has 1 aliphatic heterocycles. The predicted molar refractivity (Wildman–Crippen MR) is 105 cm³/mol. The van der Waals surface area contributed by atoms with Gasteiger partial charge in [-0.05, 0) is 0 Å². The van der Waals surface area contributed by atoms with Gasteiger partial charge in [-0.1, -0.05) is 6.08 Å². The van der Waals surface area contributed by atoms with Crippen molar-refractivity contribution < 1.29 is 56.3 Å². The van der Waals surface area contributed by atoms with Crippen LogP contribution < -0.4 is 17.0 Å². The van der Waals surface area contributed by atoms with Gasteiger partial charge in [0.05, 0.1) is 12.7 Å². The molecule has 1 aromatic heterocycles. The summed E-state index contributed by atoms with van der Waals surface area (Å²) in [6.45, 7) is 3.06. The molecule has 184 valence electrons. The maximum atomic E-state index is 11.7. The second kappa shape index (κ2) is 11.7. The summed E-state index contributed by atoms with van der Waals surface area (Å²) >= 11 is 0. The number of nitrogens with two attached hydrogens (primary N) is 1. The van der Waals surface area contributed by atoms with E-state index in [1.165, 1.54) is 0 Å². The Morgan fingerprint density at radius 1 is 1.22 bits per heavy atom. The fourth-order valence-electron chi connectivity index (χ4n) is 2.16. The van der Waals surface area contributed by atoms with Gasteiger partial charge in [0.25, 0.3) is 5.56 Å². The topological polar surface area (TPSA) is 270 Å². The SMILES string of the molecule is C=CCN.O=c1ccn([C@H]2C[C@H](O)[C@@H](COP(=O)(O)OP(=O)(O)OP(=O)(O)O)O2)c(=O)[nH]1. The largest absolute Gasteiger partial charge is 0.490 e. The fourth-order valence-corrected chi connectivity index (χ4v) is 5.19. The van der Waals surface area contributed by atoms with E-state index in [4.69, 9.17) is 25.2 Å². The number of nitrogens with one attached hydrogen (secondary N) is 1. The number of hydrogen-bond acceptors (Lipinski definition) is 11. The normalized spacial score (nSPS) is 24.6. The van der Waals surface area contributed by atoms with Gasteiger partial charge in [0.15, 0.2) is 0 Å². The molecule has 0 radical (unpaired) electrons. The minimum atomic E-state index is -5.67. The minimum Gasteiger partial charge on any atom is -0.390 e. The third-order valence-corrected chi connectivity index (χ3v) is 7.15. The first-order valence-electron chi connectivity index (χ1n) is 8.33. The lowest BCUT2D eigenvalue weighted by Crippen LogP contribution is -2.31. The van der Waals surface area contributed by atoms with Crippen LogP contribution in [0.2, 0.25) is 0 Å². The van der Waals surface area contributed by atoms with Gasteiger partial charge in [-0.25, -0.2) is 18.5 Å². The molecule has 8 N–H and O–H groups in total. The van der Waals surface area contributed by atoms with E-state index in [2.05, 4.69) is 19.7 Å². The number of ether oxygens (including phenoxy) is 1. The van der Waals surface area contributed by atoms with Crippen LogP contribution in [0.25, 0.3) is 0 Å². The molecule has 0 aliphatic carbocycles. The number of hydrogen-bond donors (Lipinski definition) is 7.